The van der Waals surface area contributed by atoms with Crippen LogP contribution in [0.4, 0.5) is 0 Å². The first-order valence-electron chi connectivity index (χ1n) is 5.94. The van der Waals surface area contributed by atoms with Crippen LogP contribution in [0.1, 0.15) is 46.0 Å². The van der Waals surface area contributed by atoms with Gasteiger partial charge in [0, 0.05) is 11.8 Å². The summed E-state index contributed by atoms with van der Waals surface area (Å²) in [4.78, 5) is 47.6. The second-order valence-corrected chi connectivity index (χ2v) is 4.59. The van der Waals surface area contributed by atoms with Gasteiger partial charge in [-0.1, -0.05) is 0 Å². The zero-order valence-corrected chi connectivity index (χ0v) is 10.7. The molecule has 0 heterocycles. The van der Waals surface area contributed by atoms with E-state index in [1.165, 1.54) is 6.92 Å². The van der Waals surface area contributed by atoms with Crippen molar-refractivity contribution < 1.29 is 24.0 Å². The van der Waals surface area contributed by atoms with Gasteiger partial charge in [0.25, 0.3) is 0 Å². The maximum atomic E-state index is 10.8. The molecule has 2 aliphatic rings. The molecule has 0 spiro atoms. The van der Waals surface area contributed by atoms with E-state index < -0.39 is 0 Å². The molecular weight excluding hydrogens is 236 g/mol. The lowest BCUT2D eigenvalue weighted by Crippen LogP contribution is -2.05. The average molecular weight is 254 g/mol. The molecule has 0 saturated heterocycles. The molecular formula is C13H18O5. The molecule has 0 aliphatic heterocycles. The van der Waals surface area contributed by atoms with Gasteiger partial charge in [-0.2, -0.15) is 9.59 Å². The van der Waals surface area contributed by atoms with Crippen molar-refractivity contribution in [3.8, 4) is 0 Å². The van der Waals surface area contributed by atoms with E-state index in [9.17, 15) is 14.4 Å². The van der Waals surface area contributed by atoms with Gasteiger partial charge in [-0.05, 0) is 39.5 Å². The Labute approximate surface area is 106 Å². The molecule has 0 radical (unpaired) electrons. The van der Waals surface area contributed by atoms with Gasteiger partial charge >= 0.3 is 6.15 Å². The molecule has 100 valence electrons. The fraction of sp³-hybridized carbons (Fsp3) is 0.692. The van der Waals surface area contributed by atoms with Crippen molar-refractivity contribution in [2.45, 2.75) is 46.0 Å². The number of carbonyl (C=O) groups excluding carboxylic acids is 5. The molecule has 5 nitrogen and oxygen atoms in total. The summed E-state index contributed by atoms with van der Waals surface area (Å²) in [7, 11) is 0. The van der Waals surface area contributed by atoms with Crippen LogP contribution in [0, 0.1) is 11.8 Å². The number of carbonyl (C=O) groups is 3. The Morgan fingerprint density at radius 3 is 1.50 bits per heavy atom. The van der Waals surface area contributed by atoms with Crippen LogP contribution in [0.5, 0.6) is 0 Å². The summed E-state index contributed by atoms with van der Waals surface area (Å²) >= 11 is 0. The molecule has 0 unspecified atom stereocenters. The Morgan fingerprint density at radius 1 is 0.944 bits per heavy atom. The van der Waals surface area contributed by atoms with Crippen molar-refractivity contribution in [2.24, 2.45) is 11.8 Å². The zero-order chi connectivity index (χ0) is 14.1. The van der Waals surface area contributed by atoms with Crippen LogP contribution in [0.2, 0.25) is 0 Å². The highest BCUT2D eigenvalue weighted by Crippen LogP contribution is 2.30. The van der Waals surface area contributed by atoms with Gasteiger partial charge in [0.15, 0.2) is 0 Å². The highest BCUT2D eigenvalue weighted by molar-refractivity contribution is 5.99. The van der Waals surface area contributed by atoms with Crippen molar-refractivity contribution in [3.63, 3.8) is 0 Å². The average Bonchev–Trinajstić information content (AvgIpc) is 3.12. The Hall–Kier alpha value is -1.61. The topological polar surface area (TPSA) is 85.3 Å². The van der Waals surface area contributed by atoms with Crippen LogP contribution >= 0.6 is 0 Å². The van der Waals surface area contributed by atoms with Crippen LogP contribution < -0.4 is 0 Å². The normalized spacial score (nSPS) is 16.1. The van der Waals surface area contributed by atoms with Crippen LogP contribution in [-0.2, 0) is 24.0 Å². The first-order chi connectivity index (χ1) is 8.42. The molecule has 0 amide bonds. The number of hydrogen-bond donors (Lipinski definition) is 0. The molecule has 5 heteroatoms. The van der Waals surface area contributed by atoms with E-state index in [1.807, 2.05) is 0 Å². The molecule has 0 aromatic heterocycles. The summed E-state index contributed by atoms with van der Waals surface area (Å²) in [5.41, 5.74) is 0. The standard InChI is InChI=1S/C7H10O2.C5H8O.CO2/c1-5(8)4-7(9)6-2-3-6;1-4(6)5-2-3-5;2-1-3/h6H,2-4H2,1H3;5H,2-3H2,1H3;. The fourth-order valence-corrected chi connectivity index (χ4v) is 1.28. The van der Waals surface area contributed by atoms with E-state index >= 15 is 0 Å². The predicted molar refractivity (Wildman–Crippen MR) is 61.4 cm³/mol. The minimum Gasteiger partial charge on any atom is -0.300 e. The minimum absolute atomic E-state index is 0.00750. The lowest BCUT2D eigenvalue weighted by molar-refractivity contribution is -0.191. The monoisotopic (exact) mass is 254 g/mol. The predicted octanol–water partition coefficient (Wildman–Crippen LogP) is 1.35. The molecule has 2 saturated carbocycles. The van der Waals surface area contributed by atoms with E-state index in [-0.39, 0.29) is 30.1 Å². The number of hydrogen-bond acceptors (Lipinski definition) is 5. The quantitative estimate of drug-likeness (QED) is 0.707. The van der Waals surface area contributed by atoms with Crippen LogP contribution in [0.25, 0.3) is 0 Å². The highest BCUT2D eigenvalue weighted by atomic mass is 16.2. The Morgan fingerprint density at radius 2 is 1.33 bits per heavy atom. The third-order valence-electron chi connectivity index (χ3n) is 2.61. The molecule has 18 heavy (non-hydrogen) atoms. The van der Waals surface area contributed by atoms with Crippen molar-refractivity contribution in [2.75, 3.05) is 0 Å². The Balaban J connectivity index is 0.000000278. The molecule has 0 aromatic rings. The van der Waals surface area contributed by atoms with Gasteiger partial charge in [0.1, 0.15) is 17.3 Å². The summed E-state index contributed by atoms with van der Waals surface area (Å²) in [6.45, 7) is 3.12. The van der Waals surface area contributed by atoms with Crippen molar-refractivity contribution in [3.05, 3.63) is 0 Å². The molecule has 0 N–H and O–H groups in total. The van der Waals surface area contributed by atoms with Crippen LogP contribution in [0.3, 0.4) is 0 Å². The first-order valence-corrected chi connectivity index (χ1v) is 5.94. The SMILES string of the molecule is CC(=O)C1CC1.CC(=O)CC(=O)C1CC1.O=C=O. The lowest BCUT2D eigenvalue weighted by atomic mass is 10.1. The summed E-state index contributed by atoms with van der Waals surface area (Å²) in [5, 5.41) is 0. The maximum Gasteiger partial charge on any atom is 0.373 e. The number of Topliss-reactive ketones (excluding diaryl/α,β-unsaturated/α-hetero) is 3. The van der Waals surface area contributed by atoms with Gasteiger partial charge in [-0.3, -0.25) is 14.4 Å². The second kappa shape index (κ2) is 8.48. The van der Waals surface area contributed by atoms with Gasteiger partial charge < -0.3 is 0 Å². The minimum atomic E-state index is -0.00750. The summed E-state index contributed by atoms with van der Waals surface area (Å²) in [6, 6.07) is 0. The van der Waals surface area contributed by atoms with Crippen molar-refractivity contribution in [1.82, 2.24) is 0 Å². The third-order valence-corrected chi connectivity index (χ3v) is 2.61. The molecule has 0 bridgehead atoms. The van der Waals surface area contributed by atoms with Crippen molar-refractivity contribution in [1.29, 1.82) is 0 Å². The number of ketones is 3. The largest absolute Gasteiger partial charge is 0.373 e. The van der Waals surface area contributed by atoms with E-state index in [4.69, 9.17) is 9.59 Å². The molecule has 0 atom stereocenters. The molecule has 2 rings (SSSR count). The van der Waals surface area contributed by atoms with E-state index in [2.05, 4.69) is 0 Å². The summed E-state index contributed by atoms with van der Waals surface area (Å²) in [5.74, 6) is 1.21. The highest BCUT2D eigenvalue weighted by Gasteiger charge is 2.29. The second-order valence-electron chi connectivity index (χ2n) is 4.59. The number of rotatable bonds is 4. The molecule has 0 aromatic carbocycles. The van der Waals surface area contributed by atoms with Gasteiger partial charge in [-0.25, -0.2) is 0 Å². The van der Waals surface area contributed by atoms with Crippen molar-refractivity contribution >= 4 is 23.5 Å². The Kier molecular flexibility index (Phi) is 7.72. The molecule has 2 fully saturated rings. The summed E-state index contributed by atoms with van der Waals surface area (Å²) in [6.07, 6.45) is 4.72. The van der Waals surface area contributed by atoms with Gasteiger partial charge in [0.2, 0.25) is 0 Å². The van der Waals surface area contributed by atoms with E-state index in [0.29, 0.717) is 11.7 Å². The maximum absolute atomic E-state index is 10.8. The zero-order valence-electron chi connectivity index (χ0n) is 10.7. The van der Waals surface area contributed by atoms with E-state index in [0.717, 1.165) is 25.7 Å². The first kappa shape index (κ1) is 16.4. The van der Waals surface area contributed by atoms with Crippen LogP contribution in [-0.4, -0.2) is 23.5 Å². The molecule has 2 aliphatic carbocycles. The van der Waals surface area contributed by atoms with Gasteiger partial charge in [-0.15, -0.1) is 0 Å². The summed E-state index contributed by atoms with van der Waals surface area (Å²) < 4.78 is 0. The van der Waals surface area contributed by atoms with Crippen LogP contribution in [0.15, 0.2) is 0 Å². The van der Waals surface area contributed by atoms with E-state index in [1.54, 1.807) is 6.92 Å². The smallest absolute Gasteiger partial charge is 0.300 e. The fourth-order valence-electron chi connectivity index (χ4n) is 1.28. The Bertz CT molecular complexity index is 344. The lowest BCUT2D eigenvalue weighted by Gasteiger charge is -1.89. The third kappa shape index (κ3) is 9.60. The van der Waals surface area contributed by atoms with Gasteiger partial charge in [0.05, 0.1) is 6.42 Å².